The van der Waals surface area contributed by atoms with E-state index < -0.39 is 25.9 Å². The van der Waals surface area contributed by atoms with Gasteiger partial charge in [0.15, 0.2) is 9.84 Å². The van der Waals surface area contributed by atoms with Gasteiger partial charge in [-0.3, -0.25) is 4.79 Å². The summed E-state index contributed by atoms with van der Waals surface area (Å²) in [6.45, 7) is 0.483. The molecule has 27 heavy (non-hydrogen) atoms. The highest BCUT2D eigenvalue weighted by atomic mass is 32.2. The maximum absolute atomic E-state index is 12.7. The Balaban J connectivity index is 1.57. The average Bonchev–Trinajstić information content (AvgIpc) is 3.00. The minimum atomic E-state index is -3.62. The van der Waals surface area contributed by atoms with Crippen molar-refractivity contribution >= 4 is 25.8 Å². The monoisotopic (exact) mass is 414 g/mol. The molecule has 0 spiro atoms. The number of nitrogens with one attached hydrogen (secondary N) is 1. The number of carbonyl (C=O) groups excluding carboxylic acids is 1. The van der Waals surface area contributed by atoms with Crippen LogP contribution in [0, 0.1) is 5.92 Å². The van der Waals surface area contributed by atoms with E-state index in [0.29, 0.717) is 18.6 Å². The number of hydrogen-bond acceptors (Lipinski definition) is 6. The molecule has 1 aromatic carbocycles. The molecular formula is C17H22N2O6S2. The van der Waals surface area contributed by atoms with E-state index in [4.69, 9.17) is 4.74 Å². The summed E-state index contributed by atoms with van der Waals surface area (Å²) in [4.78, 5) is 12.5. The summed E-state index contributed by atoms with van der Waals surface area (Å²) >= 11 is 0. The maximum Gasteiger partial charge on any atom is 0.243 e. The van der Waals surface area contributed by atoms with Crippen molar-refractivity contribution in [1.82, 2.24) is 9.62 Å². The molecule has 1 aromatic rings. The SMILES string of the molecule is COc1ccc(S(=O)(=O)N2CCC(C(=O)N[C@@H]3C=CS(=O)(=O)C3)CC2)cc1. The van der Waals surface area contributed by atoms with Crippen LogP contribution >= 0.6 is 0 Å². The lowest BCUT2D eigenvalue weighted by Gasteiger charge is -2.31. The first kappa shape index (κ1) is 19.8. The number of hydrogen-bond donors (Lipinski definition) is 1. The highest BCUT2D eigenvalue weighted by Crippen LogP contribution is 2.25. The van der Waals surface area contributed by atoms with Gasteiger partial charge in [0.25, 0.3) is 0 Å². The summed E-state index contributed by atoms with van der Waals surface area (Å²) in [5.41, 5.74) is 0. The van der Waals surface area contributed by atoms with Gasteiger partial charge >= 0.3 is 0 Å². The van der Waals surface area contributed by atoms with Gasteiger partial charge in [-0.25, -0.2) is 16.8 Å². The molecule has 2 aliphatic heterocycles. The van der Waals surface area contributed by atoms with Gasteiger partial charge < -0.3 is 10.1 Å². The molecule has 1 atom stereocenters. The molecule has 3 rings (SSSR count). The first-order valence-electron chi connectivity index (χ1n) is 8.57. The largest absolute Gasteiger partial charge is 0.497 e. The molecule has 0 saturated carbocycles. The molecule has 10 heteroatoms. The number of piperidine rings is 1. The number of methoxy groups -OCH3 is 1. The lowest BCUT2D eigenvalue weighted by molar-refractivity contribution is -0.126. The van der Waals surface area contributed by atoms with Crippen LogP contribution in [0.1, 0.15) is 12.8 Å². The Hall–Kier alpha value is -1.91. The second-order valence-electron chi connectivity index (χ2n) is 6.63. The van der Waals surface area contributed by atoms with Crippen molar-refractivity contribution in [3.63, 3.8) is 0 Å². The molecule has 1 amide bonds. The van der Waals surface area contributed by atoms with Crippen LogP contribution in [-0.2, 0) is 24.7 Å². The average molecular weight is 415 g/mol. The fraction of sp³-hybridized carbons (Fsp3) is 0.471. The Labute approximate surface area is 159 Å². The molecular weight excluding hydrogens is 392 g/mol. The van der Waals surface area contributed by atoms with E-state index in [2.05, 4.69) is 5.32 Å². The number of sulfonamides is 1. The first-order chi connectivity index (χ1) is 12.7. The molecule has 1 N–H and O–H groups in total. The predicted molar refractivity (Wildman–Crippen MR) is 99.3 cm³/mol. The third-order valence-corrected chi connectivity index (χ3v) is 8.09. The minimum absolute atomic E-state index is 0.122. The van der Waals surface area contributed by atoms with E-state index in [0.717, 1.165) is 5.41 Å². The van der Waals surface area contributed by atoms with Crippen LogP contribution in [0.25, 0.3) is 0 Å². The second kappa shape index (κ2) is 7.61. The van der Waals surface area contributed by atoms with Crippen LogP contribution < -0.4 is 10.1 Å². The number of carbonyl (C=O) groups is 1. The Morgan fingerprint density at radius 3 is 2.33 bits per heavy atom. The summed E-state index contributed by atoms with van der Waals surface area (Å²) in [6.07, 6.45) is 2.26. The zero-order valence-electron chi connectivity index (χ0n) is 14.9. The van der Waals surface area contributed by atoms with Crippen LogP contribution in [-0.4, -0.2) is 59.0 Å². The summed E-state index contributed by atoms with van der Waals surface area (Å²) in [5, 5.41) is 3.83. The van der Waals surface area contributed by atoms with Gasteiger partial charge in [0.05, 0.1) is 23.8 Å². The molecule has 0 unspecified atom stereocenters. The summed E-state index contributed by atoms with van der Waals surface area (Å²) < 4.78 is 54.7. The molecule has 1 saturated heterocycles. The number of benzene rings is 1. The molecule has 2 heterocycles. The highest BCUT2D eigenvalue weighted by molar-refractivity contribution is 7.94. The Morgan fingerprint density at radius 1 is 1.19 bits per heavy atom. The van der Waals surface area contributed by atoms with Gasteiger partial charge in [-0.15, -0.1) is 0 Å². The first-order valence-corrected chi connectivity index (χ1v) is 11.7. The van der Waals surface area contributed by atoms with E-state index in [1.54, 1.807) is 12.1 Å². The predicted octanol–water partition coefficient (Wildman–Crippen LogP) is 0.523. The number of sulfone groups is 1. The fourth-order valence-electron chi connectivity index (χ4n) is 3.22. The Kier molecular flexibility index (Phi) is 5.59. The number of amides is 1. The normalized spacial score (nSPS) is 23.2. The molecule has 2 aliphatic rings. The molecule has 0 bridgehead atoms. The van der Waals surface area contributed by atoms with Gasteiger partial charge in [-0.2, -0.15) is 4.31 Å². The summed E-state index contributed by atoms with van der Waals surface area (Å²) in [6, 6.07) is 5.68. The van der Waals surface area contributed by atoms with Crippen molar-refractivity contribution in [2.45, 2.75) is 23.8 Å². The van der Waals surface area contributed by atoms with E-state index >= 15 is 0 Å². The van der Waals surface area contributed by atoms with Gasteiger partial charge in [-0.05, 0) is 43.2 Å². The van der Waals surface area contributed by atoms with Gasteiger partial charge in [0.1, 0.15) is 5.75 Å². The number of nitrogens with zero attached hydrogens (tertiary/aromatic N) is 1. The third kappa shape index (κ3) is 4.50. The maximum atomic E-state index is 12.7. The van der Waals surface area contributed by atoms with Crippen molar-refractivity contribution in [3.05, 3.63) is 35.7 Å². The molecule has 0 radical (unpaired) electrons. The van der Waals surface area contributed by atoms with Crippen LogP contribution in [0.15, 0.2) is 40.6 Å². The zero-order chi connectivity index (χ0) is 19.7. The second-order valence-corrected chi connectivity index (χ2v) is 10.5. The standard InChI is InChI=1S/C17H22N2O6S2/c1-25-15-2-4-16(5-3-15)27(23,24)19-9-6-13(7-10-19)17(20)18-14-8-11-26(21,22)12-14/h2-5,8,11,13-14H,6-7,9-10,12H2,1H3,(H,18,20)/t14-/m1/s1. The van der Waals surface area contributed by atoms with Gasteiger partial charge in [0, 0.05) is 24.4 Å². The van der Waals surface area contributed by atoms with Crippen LogP contribution in [0.4, 0.5) is 0 Å². The van der Waals surface area contributed by atoms with E-state index in [9.17, 15) is 21.6 Å². The lowest BCUT2D eigenvalue weighted by Crippen LogP contribution is -2.45. The van der Waals surface area contributed by atoms with E-state index in [1.165, 1.54) is 29.6 Å². The Morgan fingerprint density at radius 2 is 1.81 bits per heavy atom. The van der Waals surface area contributed by atoms with Crippen LogP contribution in [0.2, 0.25) is 0 Å². The van der Waals surface area contributed by atoms with Gasteiger partial charge in [0.2, 0.25) is 15.9 Å². The number of rotatable bonds is 5. The van der Waals surface area contributed by atoms with Crippen molar-refractivity contribution in [1.29, 1.82) is 0 Å². The quantitative estimate of drug-likeness (QED) is 0.752. The minimum Gasteiger partial charge on any atom is -0.497 e. The van der Waals surface area contributed by atoms with Crippen molar-refractivity contribution in [2.75, 3.05) is 26.0 Å². The molecule has 8 nitrogen and oxygen atoms in total. The van der Waals surface area contributed by atoms with Crippen LogP contribution in [0.3, 0.4) is 0 Å². The van der Waals surface area contributed by atoms with Gasteiger partial charge in [-0.1, -0.05) is 0 Å². The Bertz CT molecular complexity index is 930. The van der Waals surface area contributed by atoms with Crippen LogP contribution in [0.5, 0.6) is 5.75 Å². The lowest BCUT2D eigenvalue weighted by atomic mass is 9.97. The van der Waals surface area contributed by atoms with E-state index in [-0.39, 0.29) is 35.6 Å². The van der Waals surface area contributed by atoms with Crippen molar-refractivity contribution in [2.24, 2.45) is 5.92 Å². The molecule has 0 aromatic heterocycles. The van der Waals surface area contributed by atoms with Crippen molar-refractivity contribution < 1.29 is 26.4 Å². The smallest absolute Gasteiger partial charge is 0.243 e. The zero-order valence-corrected chi connectivity index (χ0v) is 16.5. The topological polar surface area (TPSA) is 110 Å². The molecule has 1 fully saturated rings. The van der Waals surface area contributed by atoms with E-state index in [1.807, 2.05) is 0 Å². The third-order valence-electron chi connectivity index (χ3n) is 4.78. The summed E-state index contributed by atoms with van der Waals surface area (Å²) in [7, 11) is -5.34. The van der Waals surface area contributed by atoms with Crippen molar-refractivity contribution in [3.8, 4) is 5.75 Å². The highest BCUT2D eigenvalue weighted by Gasteiger charge is 2.33. The molecule has 0 aliphatic carbocycles. The fourth-order valence-corrected chi connectivity index (χ4v) is 5.93. The number of ether oxygens (including phenoxy) is 1. The summed E-state index contributed by atoms with van der Waals surface area (Å²) in [5.74, 6) is -0.108. The molecule has 148 valence electrons.